The fourth-order valence-electron chi connectivity index (χ4n) is 2.85. The first-order valence-corrected chi connectivity index (χ1v) is 8.92. The van der Waals surface area contributed by atoms with Gasteiger partial charge in [0, 0.05) is 53.0 Å². The van der Waals surface area contributed by atoms with Gasteiger partial charge in [0.05, 0.1) is 12.7 Å². The van der Waals surface area contributed by atoms with Crippen LogP contribution in [-0.2, 0) is 11.3 Å². The number of hydrogen-bond acceptors (Lipinski definition) is 5. The minimum absolute atomic E-state index is 0.0551. The molecule has 0 saturated carbocycles. The molecule has 2 N–H and O–H groups in total. The number of aromatic nitrogens is 1. The molecular formula is C18H31N5O2. The molecule has 1 aromatic heterocycles. The number of carbonyl (C=O) groups is 1. The Bertz CT molecular complexity index is 550. The fraction of sp³-hybridized carbons (Fsp3) is 0.667. The zero-order valence-corrected chi connectivity index (χ0v) is 15.8. The van der Waals surface area contributed by atoms with E-state index in [1.54, 1.807) is 6.20 Å². The maximum atomic E-state index is 12.0. The number of rotatable bonds is 7. The Morgan fingerprint density at radius 2 is 2.24 bits per heavy atom. The summed E-state index contributed by atoms with van der Waals surface area (Å²) in [5, 5.41) is 5.79. The summed E-state index contributed by atoms with van der Waals surface area (Å²) in [6, 6.07) is 3.70. The molecule has 7 nitrogen and oxygen atoms in total. The maximum absolute atomic E-state index is 12.0. The smallest absolute Gasteiger partial charge is 0.315 e. The minimum Gasteiger partial charge on any atom is -0.374 e. The van der Waals surface area contributed by atoms with Crippen molar-refractivity contribution in [1.82, 2.24) is 20.5 Å². The molecule has 140 valence electrons. The van der Waals surface area contributed by atoms with Crippen molar-refractivity contribution in [3.63, 3.8) is 0 Å². The van der Waals surface area contributed by atoms with Crippen LogP contribution in [-0.4, -0.2) is 68.9 Å². The SMILES string of the molecule is CC(C)CN1CCO[C@@H](CNC(=O)NCc2ccnc(N(C)C)c2)C1. The van der Waals surface area contributed by atoms with Crippen molar-refractivity contribution in [2.75, 3.05) is 51.8 Å². The standard InChI is InChI=1S/C18H31N5O2/c1-14(2)12-23-7-8-25-16(13-23)11-21-18(24)20-10-15-5-6-19-17(9-15)22(3)4/h5-6,9,14,16H,7-8,10-13H2,1-4H3,(H2,20,21,24)/t16-/m0/s1. The molecule has 0 aromatic carbocycles. The number of morpholine rings is 1. The van der Waals surface area contributed by atoms with Gasteiger partial charge in [0.2, 0.25) is 0 Å². The van der Waals surface area contributed by atoms with Gasteiger partial charge in [-0.05, 0) is 23.6 Å². The summed E-state index contributed by atoms with van der Waals surface area (Å²) in [5.41, 5.74) is 1.02. The average molecular weight is 349 g/mol. The van der Waals surface area contributed by atoms with Crippen LogP contribution in [0, 0.1) is 5.92 Å². The summed E-state index contributed by atoms with van der Waals surface area (Å²) < 4.78 is 5.75. The van der Waals surface area contributed by atoms with Gasteiger partial charge in [0.1, 0.15) is 5.82 Å². The average Bonchev–Trinajstić information content (AvgIpc) is 2.58. The Balaban J connectivity index is 1.71. The van der Waals surface area contributed by atoms with Crippen molar-refractivity contribution in [1.29, 1.82) is 0 Å². The normalized spacial score (nSPS) is 18.2. The van der Waals surface area contributed by atoms with E-state index in [1.165, 1.54) is 0 Å². The predicted molar refractivity (Wildman–Crippen MR) is 99.8 cm³/mol. The maximum Gasteiger partial charge on any atom is 0.315 e. The van der Waals surface area contributed by atoms with E-state index in [0.29, 0.717) is 19.0 Å². The Morgan fingerprint density at radius 3 is 2.96 bits per heavy atom. The zero-order valence-electron chi connectivity index (χ0n) is 15.8. The predicted octanol–water partition coefficient (Wildman–Crippen LogP) is 1.30. The second kappa shape index (κ2) is 9.58. The lowest BCUT2D eigenvalue weighted by Gasteiger charge is -2.33. The lowest BCUT2D eigenvalue weighted by Crippen LogP contribution is -2.49. The first-order chi connectivity index (χ1) is 11.9. The number of nitrogens with one attached hydrogen (secondary N) is 2. The minimum atomic E-state index is -0.173. The monoisotopic (exact) mass is 349 g/mol. The van der Waals surface area contributed by atoms with E-state index in [2.05, 4.69) is 34.4 Å². The molecule has 1 fully saturated rings. The van der Waals surface area contributed by atoms with E-state index >= 15 is 0 Å². The number of hydrogen-bond donors (Lipinski definition) is 2. The summed E-state index contributed by atoms with van der Waals surface area (Å²) in [7, 11) is 3.89. The molecule has 0 aliphatic carbocycles. The van der Waals surface area contributed by atoms with Crippen LogP contribution in [0.2, 0.25) is 0 Å². The Kier molecular flexibility index (Phi) is 7.46. The summed E-state index contributed by atoms with van der Waals surface area (Å²) in [6.07, 6.45) is 1.81. The van der Waals surface area contributed by atoms with Gasteiger partial charge in [0.25, 0.3) is 0 Å². The van der Waals surface area contributed by atoms with E-state index in [1.807, 2.05) is 31.1 Å². The molecule has 2 amide bonds. The number of ether oxygens (including phenoxy) is 1. The van der Waals surface area contributed by atoms with Crippen LogP contribution in [0.5, 0.6) is 0 Å². The van der Waals surface area contributed by atoms with Crippen molar-refractivity contribution in [2.45, 2.75) is 26.5 Å². The van der Waals surface area contributed by atoms with E-state index in [9.17, 15) is 4.79 Å². The summed E-state index contributed by atoms with van der Waals surface area (Å²) in [5.74, 6) is 1.52. The number of amides is 2. The molecule has 0 unspecified atom stereocenters. The Hall–Kier alpha value is -1.86. The van der Waals surface area contributed by atoms with Gasteiger partial charge in [-0.3, -0.25) is 4.90 Å². The third-order valence-corrected chi connectivity index (χ3v) is 4.06. The van der Waals surface area contributed by atoms with Gasteiger partial charge < -0.3 is 20.3 Å². The number of urea groups is 1. The van der Waals surface area contributed by atoms with Crippen molar-refractivity contribution >= 4 is 11.8 Å². The largest absolute Gasteiger partial charge is 0.374 e. The van der Waals surface area contributed by atoms with Crippen molar-refractivity contribution in [3.8, 4) is 0 Å². The van der Waals surface area contributed by atoms with E-state index in [0.717, 1.165) is 37.6 Å². The highest BCUT2D eigenvalue weighted by atomic mass is 16.5. The lowest BCUT2D eigenvalue weighted by molar-refractivity contribution is -0.0290. The summed E-state index contributed by atoms with van der Waals surface area (Å²) in [6.45, 7) is 9.08. The van der Waals surface area contributed by atoms with Crippen LogP contribution >= 0.6 is 0 Å². The van der Waals surface area contributed by atoms with Crippen LogP contribution in [0.25, 0.3) is 0 Å². The van der Waals surface area contributed by atoms with Crippen molar-refractivity contribution < 1.29 is 9.53 Å². The second-order valence-corrected chi connectivity index (χ2v) is 7.13. The molecule has 1 aliphatic rings. The van der Waals surface area contributed by atoms with E-state index in [-0.39, 0.29) is 12.1 Å². The molecule has 1 aromatic rings. The van der Waals surface area contributed by atoms with Gasteiger partial charge >= 0.3 is 6.03 Å². The van der Waals surface area contributed by atoms with Crippen LogP contribution < -0.4 is 15.5 Å². The lowest BCUT2D eigenvalue weighted by atomic mass is 10.2. The van der Waals surface area contributed by atoms with Crippen LogP contribution in [0.15, 0.2) is 18.3 Å². The molecular weight excluding hydrogens is 318 g/mol. The first kappa shape index (κ1) is 19.5. The number of pyridine rings is 1. The topological polar surface area (TPSA) is 69.7 Å². The molecule has 1 saturated heterocycles. The van der Waals surface area contributed by atoms with Crippen LogP contribution in [0.3, 0.4) is 0 Å². The number of nitrogens with zero attached hydrogens (tertiary/aromatic N) is 3. The van der Waals surface area contributed by atoms with E-state index in [4.69, 9.17) is 4.74 Å². The van der Waals surface area contributed by atoms with Gasteiger partial charge in [-0.1, -0.05) is 13.8 Å². The molecule has 7 heteroatoms. The highest BCUT2D eigenvalue weighted by Crippen LogP contribution is 2.09. The molecule has 0 radical (unpaired) electrons. The summed E-state index contributed by atoms with van der Waals surface area (Å²) >= 11 is 0. The van der Waals surface area contributed by atoms with Crippen molar-refractivity contribution in [3.05, 3.63) is 23.9 Å². The Morgan fingerprint density at radius 1 is 1.44 bits per heavy atom. The van der Waals surface area contributed by atoms with Gasteiger partial charge in [0.15, 0.2) is 0 Å². The molecule has 2 rings (SSSR count). The zero-order chi connectivity index (χ0) is 18.2. The third-order valence-electron chi connectivity index (χ3n) is 4.06. The molecule has 0 bridgehead atoms. The van der Waals surface area contributed by atoms with E-state index < -0.39 is 0 Å². The Labute approximate surface area is 150 Å². The quantitative estimate of drug-likeness (QED) is 0.777. The molecule has 0 spiro atoms. The highest BCUT2D eigenvalue weighted by Gasteiger charge is 2.21. The molecule has 25 heavy (non-hydrogen) atoms. The van der Waals surface area contributed by atoms with Crippen molar-refractivity contribution in [2.24, 2.45) is 5.92 Å². The summed E-state index contributed by atoms with van der Waals surface area (Å²) in [4.78, 5) is 20.6. The second-order valence-electron chi connectivity index (χ2n) is 7.13. The van der Waals surface area contributed by atoms with Crippen LogP contribution in [0.1, 0.15) is 19.4 Å². The first-order valence-electron chi connectivity index (χ1n) is 8.92. The third kappa shape index (κ3) is 6.88. The fourth-order valence-corrected chi connectivity index (χ4v) is 2.85. The molecule has 1 aliphatic heterocycles. The molecule has 1 atom stereocenters. The van der Waals surface area contributed by atoms with Gasteiger partial charge in [-0.25, -0.2) is 9.78 Å². The number of carbonyl (C=O) groups excluding carboxylic acids is 1. The highest BCUT2D eigenvalue weighted by molar-refractivity contribution is 5.73. The number of anilines is 1. The van der Waals surface area contributed by atoms with Crippen LogP contribution in [0.4, 0.5) is 10.6 Å². The van der Waals surface area contributed by atoms with Gasteiger partial charge in [-0.2, -0.15) is 0 Å². The molecule has 2 heterocycles. The van der Waals surface area contributed by atoms with Gasteiger partial charge in [-0.15, -0.1) is 0 Å².